The number of rotatable bonds is 4. The Kier molecular flexibility index (Phi) is 4.02. The maximum Gasteiger partial charge on any atom is 0.197 e. The van der Waals surface area contributed by atoms with E-state index in [2.05, 4.69) is 0 Å². The first kappa shape index (κ1) is 13.4. The van der Waals surface area contributed by atoms with Crippen molar-refractivity contribution in [3.8, 4) is 17.2 Å². The van der Waals surface area contributed by atoms with Gasteiger partial charge in [0, 0.05) is 11.6 Å². The standard InChI is InChI=1S/C14H10ClFO3/c1-18-14-12(16)3-2-4-13(14)19-10-6-5-9(8-17)11(15)7-10/h2-8H,1H3. The summed E-state index contributed by atoms with van der Waals surface area (Å²) in [5, 5.41) is 0.267. The molecule has 5 heteroatoms. The van der Waals surface area contributed by atoms with E-state index in [9.17, 15) is 9.18 Å². The van der Waals surface area contributed by atoms with Crippen molar-refractivity contribution in [2.75, 3.05) is 7.11 Å². The third kappa shape index (κ3) is 2.85. The molecule has 2 aromatic carbocycles. The number of hydrogen-bond acceptors (Lipinski definition) is 3. The summed E-state index contributed by atoms with van der Waals surface area (Å²) < 4.78 is 23.9. The zero-order chi connectivity index (χ0) is 13.8. The molecule has 0 heterocycles. The first-order valence-corrected chi connectivity index (χ1v) is 5.78. The van der Waals surface area contributed by atoms with Crippen LogP contribution in [0.25, 0.3) is 0 Å². The SMILES string of the molecule is COc1c(F)cccc1Oc1ccc(C=O)c(Cl)c1. The Labute approximate surface area is 114 Å². The first-order chi connectivity index (χ1) is 9.15. The molecule has 0 N–H and O–H groups in total. The van der Waals surface area contributed by atoms with Crippen molar-refractivity contribution in [2.24, 2.45) is 0 Å². The number of para-hydroxylation sites is 1. The van der Waals surface area contributed by atoms with Crippen molar-refractivity contribution in [1.82, 2.24) is 0 Å². The lowest BCUT2D eigenvalue weighted by molar-refractivity contribution is 0.112. The third-order valence-corrected chi connectivity index (χ3v) is 2.79. The van der Waals surface area contributed by atoms with E-state index in [0.29, 0.717) is 17.6 Å². The smallest absolute Gasteiger partial charge is 0.197 e. The number of hydrogen-bond donors (Lipinski definition) is 0. The molecule has 0 atom stereocenters. The molecule has 0 aliphatic carbocycles. The van der Waals surface area contributed by atoms with Crippen LogP contribution in [0.3, 0.4) is 0 Å². The summed E-state index contributed by atoms with van der Waals surface area (Å²) >= 11 is 5.88. The quantitative estimate of drug-likeness (QED) is 0.791. The molecule has 0 fully saturated rings. The average molecular weight is 281 g/mol. The maximum absolute atomic E-state index is 13.5. The van der Waals surface area contributed by atoms with Gasteiger partial charge in [0.2, 0.25) is 0 Å². The normalized spacial score (nSPS) is 10.1. The van der Waals surface area contributed by atoms with Crippen LogP contribution < -0.4 is 9.47 Å². The highest BCUT2D eigenvalue weighted by Gasteiger charge is 2.11. The topological polar surface area (TPSA) is 35.5 Å². The second-order valence-corrected chi connectivity index (χ2v) is 4.08. The van der Waals surface area contributed by atoms with Crippen LogP contribution in [-0.2, 0) is 0 Å². The summed E-state index contributed by atoms with van der Waals surface area (Å²) in [5.74, 6) is 0.116. The van der Waals surface area contributed by atoms with Gasteiger partial charge in [-0.15, -0.1) is 0 Å². The summed E-state index contributed by atoms with van der Waals surface area (Å²) in [7, 11) is 1.35. The Balaban J connectivity index is 2.33. The van der Waals surface area contributed by atoms with Gasteiger partial charge in [0.15, 0.2) is 23.6 Å². The molecular formula is C14H10ClFO3. The van der Waals surface area contributed by atoms with Gasteiger partial charge in [0.1, 0.15) is 5.75 Å². The molecule has 19 heavy (non-hydrogen) atoms. The molecule has 2 aromatic rings. The van der Waals surface area contributed by atoms with Crippen LogP contribution in [0.2, 0.25) is 5.02 Å². The van der Waals surface area contributed by atoms with E-state index in [1.807, 2.05) is 0 Å². The van der Waals surface area contributed by atoms with Crippen LogP contribution in [0.4, 0.5) is 4.39 Å². The third-order valence-electron chi connectivity index (χ3n) is 2.46. The van der Waals surface area contributed by atoms with Crippen LogP contribution in [0, 0.1) is 5.82 Å². The number of methoxy groups -OCH3 is 1. The zero-order valence-corrected chi connectivity index (χ0v) is 10.8. The fourth-order valence-corrected chi connectivity index (χ4v) is 1.78. The molecule has 98 valence electrons. The molecule has 0 saturated heterocycles. The minimum atomic E-state index is -0.518. The minimum absolute atomic E-state index is 0.0121. The number of ether oxygens (including phenoxy) is 2. The van der Waals surface area contributed by atoms with E-state index in [0.717, 1.165) is 0 Å². The highest BCUT2D eigenvalue weighted by molar-refractivity contribution is 6.33. The van der Waals surface area contributed by atoms with Crippen molar-refractivity contribution in [3.05, 3.63) is 52.8 Å². The summed E-state index contributed by atoms with van der Waals surface area (Å²) in [6, 6.07) is 8.93. The number of carbonyl (C=O) groups excluding carboxylic acids is 1. The molecule has 0 spiro atoms. The van der Waals surface area contributed by atoms with Gasteiger partial charge >= 0.3 is 0 Å². The number of benzene rings is 2. The van der Waals surface area contributed by atoms with Crippen LogP contribution in [-0.4, -0.2) is 13.4 Å². The molecule has 0 saturated carbocycles. The fourth-order valence-electron chi connectivity index (χ4n) is 1.56. The molecule has 0 aliphatic rings. The molecule has 0 aliphatic heterocycles. The van der Waals surface area contributed by atoms with Gasteiger partial charge in [-0.1, -0.05) is 17.7 Å². The number of aldehydes is 1. The van der Waals surface area contributed by atoms with Crippen molar-refractivity contribution in [2.45, 2.75) is 0 Å². The van der Waals surface area contributed by atoms with Gasteiger partial charge in [-0.2, -0.15) is 0 Å². The van der Waals surface area contributed by atoms with E-state index >= 15 is 0 Å². The van der Waals surface area contributed by atoms with Crippen LogP contribution in [0.5, 0.6) is 17.2 Å². The van der Waals surface area contributed by atoms with Crippen molar-refractivity contribution in [3.63, 3.8) is 0 Å². The molecule has 0 unspecified atom stereocenters. The lowest BCUT2D eigenvalue weighted by Crippen LogP contribution is -1.93. The van der Waals surface area contributed by atoms with Gasteiger partial charge in [-0.3, -0.25) is 4.79 Å². The first-order valence-electron chi connectivity index (χ1n) is 5.41. The minimum Gasteiger partial charge on any atom is -0.490 e. The van der Waals surface area contributed by atoms with Crippen molar-refractivity contribution >= 4 is 17.9 Å². The second kappa shape index (κ2) is 5.71. The summed E-state index contributed by atoms with van der Waals surface area (Å²) in [6.45, 7) is 0. The van der Waals surface area contributed by atoms with E-state index in [1.54, 1.807) is 12.1 Å². The number of carbonyl (C=O) groups is 1. The second-order valence-electron chi connectivity index (χ2n) is 3.67. The molecule has 0 radical (unpaired) electrons. The maximum atomic E-state index is 13.5. The Morgan fingerprint density at radius 2 is 2.05 bits per heavy atom. The molecule has 2 rings (SSSR count). The molecule has 3 nitrogen and oxygen atoms in total. The number of halogens is 2. The van der Waals surface area contributed by atoms with Gasteiger partial charge in [0.25, 0.3) is 0 Å². The molecular weight excluding hydrogens is 271 g/mol. The Hall–Kier alpha value is -2.07. The monoisotopic (exact) mass is 280 g/mol. The van der Waals surface area contributed by atoms with Crippen molar-refractivity contribution in [1.29, 1.82) is 0 Å². The molecule has 0 amide bonds. The Morgan fingerprint density at radius 3 is 2.68 bits per heavy atom. The van der Waals surface area contributed by atoms with E-state index in [-0.39, 0.29) is 16.5 Å². The van der Waals surface area contributed by atoms with Crippen LogP contribution >= 0.6 is 11.6 Å². The molecule has 0 aromatic heterocycles. The van der Waals surface area contributed by atoms with E-state index in [4.69, 9.17) is 21.1 Å². The van der Waals surface area contributed by atoms with Gasteiger partial charge < -0.3 is 9.47 Å². The van der Waals surface area contributed by atoms with Gasteiger partial charge in [-0.05, 0) is 24.3 Å². The summed E-state index contributed by atoms with van der Waals surface area (Å²) in [6.07, 6.45) is 0.648. The van der Waals surface area contributed by atoms with Crippen molar-refractivity contribution < 1.29 is 18.7 Å². The lowest BCUT2D eigenvalue weighted by Gasteiger charge is -2.11. The van der Waals surface area contributed by atoms with Crippen LogP contribution in [0.15, 0.2) is 36.4 Å². The van der Waals surface area contributed by atoms with Gasteiger partial charge in [-0.25, -0.2) is 4.39 Å². The predicted molar refractivity (Wildman–Crippen MR) is 69.9 cm³/mol. The summed E-state index contributed by atoms with van der Waals surface area (Å²) in [4.78, 5) is 10.6. The zero-order valence-electron chi connectivity index (χ0n) is 10.0. The lowest BCUT2D eigenvalue weighted by atomic mass is 10.2. The van der Waals surface area contributed by atoms with Crippen LogP contribution in [0.1, 0.15) is 10.4 Å². The average Bonchev–Trinajstić information content (AvgIpc) is 2.39. The fraction of sp³-hybridized carbons (Fsp3) is 0.0714. The molecule has 0 bridgehead atoms. The Bertz CT molecular complexity index is 614. The van der Waals surface area contributed by atoms with Gasteiger partial charge in [0.05, 0.1) is 12.1 Å². The highest BCUT2D eigenvalue weighted by Crippen LogP contribution is 2.34. The van der Waals surface area contributed by atoms with E-state index < -0.39 is 5.82 Å². The highest BCUT2D eigenvalue weighted by atomic mass is 35.5. The Morgan fingerprint density at radius 1 is 1.26 bits per heavy atom. The van der Waals surface area contributed by atoms with E-state index in [1.165, 1.54) is 31.4 Å². The largest absolute Gasteiger partial charge is 0.490 e. The predicted octanol–water partition coefficient (Wildman–Crippen LogP) is 4.09. The summed E-state index contributed by atoms with van der Waals surface area (Å²) in [5.41, 5.74) is 0.361.